The fourth-order valence-electron chi connectivity index (χ4n) is 3.47. The number of likely N-dealkylation sites (tertiary alicyclic amines) is 1. The molecule has 1 aliphatic heterocycles. The standard InChI is InChI=1S/C20H27N3O/c1-16-19(10-12-22(16)2)20(24)21-11-8-18-9-13-23(15-18)14-17-6-4-3-5-7-17/h3-7,10,12,18H,8-9,11,13-15H2,1-2H3,(H,21,24)/t18-/m1/s1. The molecule has 1 fully saturated rings. The number of hydrogen-bond donors (Lipinski definition) is 1. The smallest absolute Gasteiger partial charge is 0.253 e. The van der Waals surface area contributed by atoms with E-state index in [1.165, 1.54) is 12.0 Å². The maximum Gasteiger partial charge on any atom is 0.253 e. The molecular formula is C20H27N3O. The first-order chi connectivity index (χ1) is 11.6. The Morgan fingerprint density at radius 1 is 1.25 bits per heavy atom. The van der Waals surface area contributed by atoms with Crippen molar-refractivity contribution in [3.8, 4) is 0 Å². The highest BCUT2D eigenvalue weighted by Crippen LogP contribution is 2.21. The van der Waals surface area contributed by atoms with E-state index in [1.807, 2.05) is 30.8 Å². The number of carbonyl (C=O) groups is 1. The molecule has 1 amide bonds. The van der Waals surface area contributed by atoms with E-state index in [1.54, 1.807) is 0 Å². The number of rotatable bonds is 6. The third-order valence-electron chi connectivity index (χ3n) is 5.09. The summed E-state index contributed by atoms with van der Waals surface area (Å²) in [5.41, 5.74) is 3.18. The Kier molecular flexibility index (Phi) is 5.36. The molecule has 0 bridgehead atoms. The number of hydrogen-bond acceptors (Lipinski definition) is 2. The normalized spacial score (nSPS) is 18.0. The van der Waals surface area contributed by atoms with Crippen LogP contribution < -0.4 is 5.32 Å². The van der Waals surface area contributed by atoms with Crippen LogP contribution in [0.1, 0.15) is 34.5 Å². The number of nitrogens with zero attached hydrogens (tertiary/aromatic N) is 2. The summed E-state index contributed by atoms with van der Waals surface area (Å²) in [6.45, 7) is 6.07. The van der Waals surface area contributed by atoms with Gasteiger partial charge in [-0.25, -0.2) is 0 Å². The molecule has 1 aromatic carbocycles. The van der Waals surface area contributed by atoms with Gasteiger partial charge < -0.3 is 9.88 Å². The van der Waals surface area contributed by atoms with Gasteiger partial charge in [-0.2, -0.15) is 0 Å². The fraction of sp³-hybridized carbons (Fsp3) is 0.450. The van der Waals surface area contributed by atoms with Gasteiger partial charge in [0.05, 0.1) is 5.56 Å². The van der Waals surface area contributed by atoms with Crippen molar-refractivity contribution in [2.75, 3.05) is 19.6 Å². The molecule has 24 heavy (non-hydrogen) atoms. The molecule has 2 heterocycles. The maximum absolute atomic E-state index is 12.2. The maximum atomic E-state index is 12.2. The largest absolute Gasteiger partial charge is 0.354 e. The van der Waals surface area contributed by atoms with Gasteiger partial charge in [0.25, 0.3) is 5.91 Å². The lowest BCUT2D eigenvalue weighted by atomic mass is 10.1. The highest BCUT2D eigenvalue weighted by molar-refractivity contribution is 5.95. The molecule has 3 rings (SSSR count). The van der Waals surface area contributed by atoms with Gasteiger partial charge in [-0.15, -0.1) is 0 Å². The van der Waals surface area contributed by atoms with Crippen LogP contribution in [0.15, 0.2) is 42.6 Å². The zero-order valence-corrected chi connectivity index (χ0v) is 14.7. The molecule has 1 N–H and O–H groups in total. The lowest BCUT2D eigenvalue weighted by Gasteiger charge is -2.16. The molecule has 0 unspecified atom stereocenters. The number of aryl methyl sites for hydroxylation is 1. The predicted octanol–water partition coefficient (Wildman–Crippen LogP) is 2.98. The second-order valence-electron chi connectivity index (χ2n) is 6.85. The van der Waals surface area contributed by atoms with E-state index in [0.717, 1.165) is 43.9 Å². The zero-order chi connectivity index (χ0) is 16.9. The Balaban J connectivity index is 1.40. The van der Waals surface area contributed by atoms with Crippen LogP contribution in [0, 0.1) is 12.8 Å². The summed E-state index contributed by atoms with van der Waals surface area (Å²) in [6, 6.07) is 12.5. The van der Waals surface area contributed by atoms with Gasteiger partial charge in [0.15, 0.2) is 0 Å². The van der Waals surface area contributed by atoms with Crippen molar-refractivity contribution in [3.63, 3.8) is 0 Å². The molecule has 1 aliphatic rings. The van der Waals surface area contributed by atoms with Gasteiger partial charge >= 0.3 is 0 Å². The molecule has 0 saturated carbocycles. The van der Waals surface area contributed by atoms with Crippen LogP contribution in [0.2, 0.25) is 0 Å². The summed E-state index contributed by atoms with van der Waals surface area (Å²) in [5, 5.41) is 3.07. The van der Waals surface area contributed by atoms with Crippen LogP contribution in [-0.2, 0) is 13.6 Å². The number of amides is 1. The van der Waals surface area contributed by atoms with Crippen LogP contribution in [0.5, 0.6) is 0 Å². The number of aromatic nitrogens is 1. The van der Waals surface area contributed by atoms with Crippen LogP contribution >= 0.6 is 0 Å². The lowest BCUT2D eigenvalue weighted by Crippen LogP contribution is -2.27. The van der Waals surface area contributed by atoms with E-state index >= 15 is 0 Å². The molecule has 1 saturated heterocycles. The molecule has 4 heteroatoms. The molecule has 1 atom stereocenters. The van der Waals surface area contributed by atoms with Gasteiger partial charge in [-0.05, 0) is 43.9 Å². The van der Waals surface area contributed by atoms with Gasteiger partial charge in [0, 0.05) is 38.6 Å². The molecule has 0 aliphatic carbocycles. The first-order valence-electron chi connectivity index (χ1n) is 8.80. The van der Waals surface area contributed by atoms with Crippen molar-refractivity contribution in [3.05, 3.63) is 59.4 Å². The summed E-state index contributed by atoms with van der Waals surface area (Å²) >= 11 is 0. The topological polar surface area (TPSA) is 37.3 Å². The summed E-state index contributed by atoms with van der Waals surface area (Å²) in [7, 11) is 1.96. The molecule has 0 spiro atoms. The first-order valence-corrected chi connectivity index (χ1v) is 8.80. The lowest BCUT2D eigenvalue weighted by molar-refractivity contribution is 0.0950. The predicted molar refractivity (Wildman–Crippen MR) is 96.9 cm³/mol. The van der Waals surface area contributed by atoms with E-state index in [-0.39, 0.29) is 5.91 Å². The van der Waals surface area contributed by atoms with E-state index in [0.29, 0.717) is 5.92 Å². The third kappa shape index (κ3) is 4.06. The molecule has 0 radical (unpaired) electrons. The monoisotopic (exact) mass is 325 g/mol. The second-order valence-corrected chi connectivity index (χ2v) is 6.85. The quantitative estimate of drug-likeness (QED) is 0.886. The Morgan fingerprint density at radius 3 is 2.75 bits per heavy atom. The summed E-state index contributed by atoms with van der Waals surface area (Å²) in [6.07, 6.45) is 4.22. The average molecular weight is 325 g/mol. The van der Waals surface area contributed by atoms with Crippen molar-refractivity contribution < 1.29 is 4.79 Å². The van der Waals surface area contributed by atoms with Crippen molar-refractivity contribution in [2.24, 2.45) is 13.0 Å². The molecular weight excluding hydrogens is 298 g/mol. The van der Waals surface area contributed by atoms with Gasteiger partial charge in [0.1, 0.15) is 0 Å². The number of benzene rings is 1. The van der Waals surface area contributed by atoms with Crippen molar-refractivity contribution in [2.45, 2.75) is 26.3 Å². The minimum atomic E-state index is 0.0484. The van der Waals surface area contributed by atoms with Crippen molar-refractivity contribution >= 4 is 5.91 Å². The fourth-order valence-corrected chi connectivity index (χ4v) is 3.47. The van der Waals surface area contributed by atoms with Crippen LogP contribution in [0.3, 0.4) is 0 Å². The van der Waals surface area contributed by atoms with Gasteiger partial charge in [0.2, 0.25) is 0 Å². The minimum Gasteiger partial charge on any atom is -0.354 e. The summed E-state index contributed by atoms with van der Waals surface area (Å²) < 4.78 is 1.98. The highest BCUT2D eigenvalue weighted by Gasteiger charge is 2.22. The van der Waals surface area contributed by atoms with Crippen LogP contribution in [-0.4, -0.2) is 35.0 Å². The molecule has 128 valence electrons. The molecule has 4 nitrogen and oxygen atoms in total. The average Bonchev–Trinajstić information content (AvgIpc) is 3.16. The zero-order valence-electron chi connectivity index (χ0n) is 14.7. The summed E-state index contributed by atoms with van der Waals surface area (Å²) in [4.78, 5) is 14.7. The van der Waals surface area contributed by atoms with E-state index in [2.05, 4.69) is 40.5 Å². The Labute approximate surface area is 144 Å². The minimum absolute atomic E-state index is 0.0484. The first kappa shape index (κ1) is 16.8. The van der Waals surface area contributed by atoms with E-state index in [9.17, 15) is 4.79 Å². The van der Waals surface area contributed by atoms with E-state index < -0.39 is 0 Å². The second kappa shape index (κ2) is 7.67. The Morgan fingerprint density at radius 2 is 2.04 bits per heavy atom. The Hall–Kier alpha value is -2.07. The molecule has 2 aromatic rings. The van der Waals surface area contributed by atoms with Gasteiger partial charge in [-0.1, -0.05) is 30.3 Å². The van der Waals surface area contributed by atoms with Crippen molar-refractivity contribution in [1.82, 2.24) is 14.8 Å². The third-order valence-corrected chi connectivity index (χ3v) is 5.09. The molecule has 1 aromatic heterocycles. The Bertz CT molecular complexity index is 677. The van der Waals surface area contributed by atoms with Gasteiger partial charge in [-0.3, -0.25) is 9.69 Å². The number of carbonyl (C=O) groups excluding carboxylic acids is 1. The SMILES string of the molecule is Cc1c(C(=O)NCC[C@@H]2CCN(Cc3ccccc3)C2)ccn1C. The van der Waals surface area contributed by atoms with E-state index in [4.69, 9.17) is 0 Å². The number of nitrogens with one attached hydrogen (secondary N) is 1. The van der Waals surface area contributed by atoms with Crippen LogP contribution in [0.4, 0.5) is 0 Å². The highest BCUT2D eigenvalue weighted by atomic mass is 16.1. The summed E-state index contributed by atoms with van der Waals surface area (Å²) in [5.74, 6) is 0.734. The van der Waals surface area contributed by atoms with Crippen molar-refractivity contribution in [1.29, 1.82) is 0 Å². The van der Waals surface area contributed by atoms with Crippen LogP contribution in [0.25, 0.3) is 0 Å².